The fourth-order valence-corrected chi connectivity index (χ4v) is 6.10. The average Bonchev–Trinajstić information content (AvgIpc) is 2.65. The van der Waals surface area contributed by atoms with E-state index < -0.39 is 0 Å². The van der Waals surface area contributed by atoms with Gasteiger partial charge in [0.25, 0.3) is 0 Å². The van der Waals surface area contributed by atoms with Gasteiger partial charge in [-0.25, -0.2) is 0 Å². The maximum atomic E-state index is 6.47. The summed E-state index contributed by atoms with van der Waals surface area (Å²) in [5.41, 5.74) is 1.33. The minimum Gasteiger partial charge on any atom is -0.161 e. The van der Waals surface area contributed by atoms with Gasteiger partial charge in [0.15, 0.2) is 0 Å². The maximum absolute atomic E-state index is 6.47. The van der Waals surface area contributed by atoms with Crippen LogP contribution in [0.3, 0.4) is 0 Å². The molecule has 3 heteroatoms. The second kappa shape index (κ2) is 7.06. The van der Waals surface area contributed by atoms with Crippen molar-refractivity contribution in [2.75, 3.05) is 6.61 Å². The number of benzene rings is 3. The van der Waals surface area contributed by atoms with Crippen LogP contribution in [0, 0.1) is 0 Å². The van der Waals surface area contributed by atoms with E-state index in [4.69, 9.17) is 4.18 Å². The molecule has 0 saturated carbocycles. The van der Waals surface area contributed by atoms with Gasteiger partial charge in [-0.2, -0.15) is 4.18 Å². The quantitative estimate of drug-likeness (QED) is 0.539. The van der Waals surface area contributed by atoms with Gasteiger partial charge in [0.2, 0.25) is 21.0 Å². The number of rotatable bonds is 4. The molecule has 1 atom stereocenters. The monoisotopic (exact) mass is 351 g/mol. The summed E-state index contributed by atoms with van der Waals surface area (Å²) in [6.45, 7) is 2.95. The molecule has 0 bridgehead atoms. The zero-order valence-electron chi connectivity index (χ0n) is 13.5. The largest absolute Gasteiger partial charge is 0.225 e. The van der Waals surface area contributed by atoms with Crippen molar-refractivity contribution in [2.45, 2.75) is 32.4 Å². The lowest BCUT2D eigenvalue weighted by molar-refractivity contribution is 0.333. The third-order valence-electron chi connectivity index (χ3n) is 4.12. The Hall–Kier alpha value is -1.68. The summed E-state index contributed by atoms with van der Waals surface area (Å²) in [5, 5.41) is 0. The molecule has 0 spiro atoms. The molecule has 0 amide bonds. The molecule has 0 fully saturated rings. The highest BCUT2D eigenvalue weighted by molar-refractivity contribution is 8.02. The van der Waals surface area contributed by atoms with Gasteiger partial charge in [-0.3, -0.25) is 0 Å². The summed E-state index contributed by atoms with van der Waals surface area (Å²) in [6, 6.07) is 27.8. The van der Waals surface area contributed by atoms with Crippen molar-refractivity contribution in [1.82, 2.24) is 0 Å². The molecule has 1 unspecified atom stereocenters. The molecular formula is C21H19OS2+. The van der Waals surface area contributed by atoms with Gasteiger partial charge >= 0.3 is 0 Å². The van der Waals surface area contributed by atoms with Crippen molar-refractivity contribution in [3.63, 3.8) is 0 Å². The van der Waals surface area contributed by atoms with E-state index in [1.807, 2.05) is 11.8 Å². The van der Waals surface area contributed by atoms with E-state index in [1.165, 1.54) is 25.1 Å². The maximum Gasteiger partial charge on any atom is 0.225 e. The second-order valence-electron chi connectivity index (χ2n) is 5.86. The third kappa shape index (κ3) is 3.12. The molecule has 0 saturated heterocycles. The van der Waals surface area contributed by atoms with E-state index in [-0.39, 0.29) is 11.2 Å². The fourth-order valence-electron chi connectivity index (χ4n) is 2.79. The Labute approximate surface area is 150 Å². The lowest BCUT2D eigenvalue weighted by Crippen LogP contribution is -2.16. The van der Waals surface area contributed by atoms with Crippen molar-refractivity contribution in [1.29, 1.82) is 0 Å². The predicted octanol–water partition coefficient (Wildman–Crippen LogP) is 5.92. The van der Waals surface area contributed by atoms with Crippen LogP contribution in [-0.2, 0) is 15.4 Å². The molecule has 0 radical (unpaired) electrons. The normalized spacial score (nSPS) is 14.7. The van der Waals surface area contributed by atoms with Gasteiger partial charge < -0.3 is 0 Å². The van der Waals surface area contributed by atoms with Crippen LogP contribution in [0.25, 0.3) is 0 Å². The molecule has 120 valence electrons. The molecule has 1 nitrogen and oxygen atoms in total. The Morgan fingerprint density at radius 2 is 1.33 bits per heavy atom. The van der Waals surface area contributed by atoms with Crippen molar-refractivity contribution in [3.05, 3.63) is 84.4 Å². The molecule has 0 aliphatic carbocycles. The minimum absolute atomic E-state index is 0.310. The fraction of sp³-hybridized carbons (Fsp3) is 0.143. The lowest BCUT2D eigenvalue weighted by atomic mass is 10.0. The predicted molar refractivity (Wildman–Crippen MR) is 102 cm³/mol. The van der Waals surface area contributed by atoms with Crippen LogP contribution in [-0.4, -0.2) is 6.61 Å². The summed E-state index contributed by atoms with van der Waals surface area (Å²) in [7, 11) is 0. The van der Waals surface area contributed by atoms with Crippen LogP contribution in [0.4, 0.5) is 0 Å². The van der Waals surface area contributed by atoms with Crippen LogP contribution in [0.2, 0.25) is 0 Å². The molecule has 24 heavy (non-hydrogen) atoms. The van der Waals surface area contributed by atoms with Crippen molar-refractivity contribution < 1.29 is 4.18 Å². The zero-order chi connectivity index (χ0) is 16.4. The van der Waals surface area contributed by atoms with Crippen LogP contribution in [0.5, 0.6) is 0 Å². The van der Waals surface area contributed by atoms with E-state index >= 15 is 0 Å². The molecule has 3 aromatic carbocycles. The topological polar surface area (TPSA) is 9.23 Å². The van der Waals surface area contributed by atoms with Crippen molar-refractivity contribution >= 4 is 22.9 Å². The Morgan fingerprint density at radius 3 is 1.96 bits per heavy atom. The first-order valence-electron chi connectivity index (χ1n) is 8.11. The molecule has 1 aliphatic rings. The first-order chi connectivity index (χ1) is 11.8. The molecular weight excluding hydrogens is 332 g/mol. The van der Waals surface area contributed by atoms with E-state index in [9.17, 15) is 0 Å². The van der Waals surface area contributed by atoms with Gasteiger partial charge in [0.05, 0.1) is 9.79 Å². The van der Waals surface area contributed by atoms with E-state index in [0.29, 0.717) is 5.92 Å². The van der Waals surface area contributed by atoms with Gasteiger partial charge in [-0.15, -0.1) is 0 Å². The zero-order valence-corrected chi connectivity index (χ0v) is 15.1. The Morgan fingerprint density at radius 1 is 0.792 bits per heavy atom. The van der Waals surface area contributed by atoms with Gasteiger partial charge in [-0.05, 0) is 29.8 Å². The molecule has 0 aromatic heterocycles. The number of fused-ring (bicyclic) bond motifs is 2. The average molecular weight is 352 g/mol. The van der Waals surface area contributed by atoms with Crippen LogP contribution >= 0.6 is 11.8 Å². The molecule has 0 N–H and O–H groups in total. The minimum atomic E-state index is -0.310. The summed E-state index contributed by atoms with van der Waals surface area (Å²) in [4.78, 5) is 5.24. The SMILES string of the molecule is CC(CO[S+]1c2ccccc2Sc2ccccc21)c1ccccc1. The van der Waals surface area contributed by atoms with E-state index in [1.54, 1.807) is 0 Å². The van der Waals surface area contributed by atoms with E-state index in [0.717, 1.165) is 6.61 Å². The molecule has 1 aliphatic heterocycles. The highest BCUT2D eigenvalue weighted by Crippen LogP contribution is 2.45. The van der Waals surface area contributed by atoms with Crippen molar-refractivity contribution in [3.8, 4) is 0 Å². The highest BCUT2D eigenvalue weighted by Gasteiger charge is 2.38. The first-order valence-corrected chi connectivity index (χ1v) is 10.1. The lowest BCUT2D eigenvalue weighted by Gasteiger charge is -2.18. The molecule has 4 rings (SSSR count). The summed E-state index contributed by atoms with van der Waals surface area (Å²) >= 11 is 1.53. The number of hydrogen-bond acceptors (Lipinski definition) is 2. The smallest absolute Gasteiger partial charge is 0.161 e. The van der Waals surface area contributed by atoms with Crippen molar-refractivity contribution in [2.24, 2.45) is 0 Å². The Balaban J connectivity index is 1.61. The van der Waals surface area contributed by atoms with Gasteiger partial charge in [0, 0.05) is 5.92 Å². The first kappa shape index (κ1) is 15.8. The van der Waals surface area contributed by atoms with Crippen LogP contribution in [0.15, 0.2) is 98.4 Å². The molecule has 1 heterocycles. The summed E-state index contributed by atoms with van der Waals surface area (Å²) in [5.74, 6) is 0.382. The Bertz CT molecular complexity index is 787. The summed E-state index contributed by atoms with van der Waals surface area (Å²) < 4.78 is 6.47. The standard InChI is InChI=1S/C21H19OS2/c1-16(17-9-3-2-4-10-17)15-22-24-20-13-7-5-11-18(20)23-19-12-6-8-14-21(19)24/h2-14,16H,15H2,1H3/q+1. The Kier molecular flexibility index (Phi) is 4.65. The highest BCUT2D eigenvalue weighted by atomic mass is 32.2. The van der Waals surface area contributed by atoms with Crippen LogP contribution in [0.1, 0.15) is 18.4 Å². The van der Waals surface area contributed by atoms with Gasteiger partial charge in [0.1, 0.15) is 6.61 Å². The number of hydrogen-bond donors (Lipinski definition) is 0. The summed E-state index contributed by atoms with van der Waals surface area (Å²) in [6.07, 6.45) is 0. The van der Waals surface area contributed by atoms with Crippen LogP contribution < -0.4 is 0 Å². The molecule has 3 aromatic rings. The van der Waals surface area contributed by atoms with Gasteiger partial charge in [-0.1, -0.05) is 73.3 Å². The third-order valence-corrected chi connectivity index (χ3v) is 7.42. The second-order valence-corrected chi connectivity index (χ2v) is 8.60. The van der Waals surface area contributed by atoms with E-state index in [2.05, 4.69) is 85.8 Å².